The van der Waals surface area contributed by atoms with Crippen molar-refractivity contribution in [3.8, 4) is 17.2 Å². The number of allylic oxidation sites excluding steroid dienone is 4. The largest absolute Gasteiger partial charge is 0.871 e. The van der Waals surface area contributed by atoms with E-state index in [9.17, 15) is 15.0 Å². The summed E-state index contributed by atoms with van der Waals surface area (Å²) in [4.78, 5) is 16.4. The molecule has 0 radical (unpaired) electrons. The molecule has 5 aromatic rings. The molecule has 58 heavy (non-hydrogen) atoms. The van der Waals surface area contributed by atoms with E-state index >= 15 is 0 Å². The lowest BCUT2D eigenvalue weighted by Crippen LogP contribution is -2.32. The van der Waals surface area contributed by atoms with E-state index in [1.54, 1.807) is 31.4 Å². The number of aryl methyl sites for hydroxylation is 2. The highest BCUT2D eigenvalue weighted by Gasteiger charge is 2.39. The van der Waals surface area contributed by atoms with Crippen molar-refractivity contribution in [1.82, 2.24) is 4.58 Å². The minimum absolute atomic E-state index is 0.0694. The Bertz CT molecular complexity index is 2480. The zero-order valence-electron chi connectivity index (χ0n) is 33.5. The van der Waals surface area contributed by atoms with Crippen molar-refractivity contribution in [3.63, 3.8) is 0 Å². The fourth-order valence-corrected chi connectivity index (χ4v) is 7.16. The molecule has 5 aromatic carbocycles. The quantitative estimate of drug-likeness (QED) is 0.0988. The number of hydrogen-bond donors (Lipinski definition) is 1. The number of carbonyl (C=O) groups is 1. The zero-order chi connectivity index (χ0) is 41.1. The van der Waals surface area contributed by atoms with Crippen molar-refractivity contribution >= 4 is 45.5 Å². The first-order chi connectivity index (χ1) is 28.1. The predicted octanol–water partition coefficient (Wildman–Crippen LogP) is 8.29. The van der Waals surface area contributed by atoms with Gasteiger partial charge in [0.1, 0.15) is 28.8 Å². The number of hydrogen-bond acceptors (Lipinski definition) is 9. The third kappa shape index (κ3) is 7.21. The Morgan fingerprint density at radius 3 is 1.52 bits per heavy atom. The summed E-state index contributed by atoms with van der Waals surface area (Å²) in [6.07, 6.45) is 3.58. The molecule has 294 valence electrons. The van der Waals surface area contributed by atoms with E-state index in [1.165, 1.54) is 28.4 Å². The topological polar surface area (TPSA) is 113 Å². The molecular formula is C48H44N2O8. The third-order valence-electron chi connectivity index (χ3n) is 10.2. The zero-order valence-corrected chi connectivity index (χ0v) is 33.5. The molecule has 0 aliphatic heterocycles. The van der Waals surface area contributed by atoms with Gasteiger partial charge in [-0.3, -0.25) is 4.79 Å². The molecule has 1 N–H and O–H groups in total. The van der Waals surface area contributed by atoms with Gasteiger partial charge in [-0.1, -0.05) is 53.3 Å². The second kappa shape index (κ2) is 16.6. The van der Waals surface area contributed by atoms with Crippen molar-refractivity contribution in [1.29, 1.82) is 0 Å². The van der Waals surface area contributed by atoms with Gasteiger partial charge in [0.25, 0.3) is 0 Å². The van der Waals surface area contributed by atoms with Crippen molar-refractivity contribution in [2.45, 2.75) is 20.5 Å². The molecule has 0 fully saturated rings. The molecular weight excluding hydrogens is 733 g/mol. The highest BCUT2D eigenvalue weighted by molar-refractivity contribution is 6.40. The molecule has 0 heterocycles. The molecule has 0 unspecified atom stereocenters. The van der Waals surface area contributed by atoms with Gasteiger partial charge in [-0.15, -0.1) is 0 Å². The first-order valence-corrected chi connectivity index (χ1v) is 18.6. The molecule has 0 spiro atoms. The van der Waals surface area contributed by atoms with Crippen LogP contribution in [-0.4, -0.2) is 52.2 Å². The first-order valence-electron chi connectivity index (χ1n) is 18.6. The van der Waals surface area contributed by atoms with Gasteiger partial charge in [0, 0.05) is 58.9 Å². The number of ketones is 1. The fraction of sp³-hybridized carbons (Fsp3) is 0.167. The van der Waals surface area contributed by atoms with Crippen molar-refractivity contribution < 1.29 is 38.7 Å². The van der Waals surface area contributed by atoms with Gasteiger partial charge in [-0.05, 0) is 55.8 Å². The van der Waals surface area contributed by atoms with Crippen LogP contribution in [0.5, 0.6) is 17.2 Å². The summed E-state index contributed by atoms with van der Waals surface area (Å²) in [7, 11) is 7.58. The SMILES string of the molecule is COC1=CC(=[N+](c2ccc(C)cc2)c2ccc(OC)cc2)C=C(OC)C1=C1C(=O)C(c2c(OC)cc(N(c3ccc(C)cc3)c3ccc(CO)cc3)cc2OC)=C1[O-]. The van der Waals surface area contributed by atoms with Gasteiger partial charge in [0.15, 0.2) is 5.78 Å². The van der Waals surface area contributed by atoms with Crippen LogP contribution in [0.3, 0.4) is 0 Å². The van der Waals surface area contributed by atoms with Gasteiger partial charge in [0.05, 0.1) is 71.1 Å². The maximum Gasteiger partial charge on any atom is 0.219 e. The number of rotatable bonds is 12. The number of ether oxygens (including phenoxy) is 5. The number of anilines is 3. The molecule has 0 saturated carbocycles. The summed E-state index contributed by atoms with van der Waals surface area (Å²) in [5, 5.41) is 24.1. The molecule has 0 amide bonds. The average molecular weight is 777 g/mol. The second-order valence-electron chi connectivity index (χ2n) is 13.7. The third-order valence-corrected chi connectivity index (χ3v) is 10.2. The van der Waals surface area contributed by atoms with Gasteiger partial charge in [0.2, 0.25) is 17.1 Å². The predicted molar refractivity (Wildman–Crippen MR) is 225 cm³/mol. The van der Waals surface area contributed by atoms with Crippen LogP contribution in [0, 0.1) is 13.8 Å². The number of carbonyl (C=O) groups excluding carboxylic acids is 1. The second-order valence-corrected chi connectivity index (χ2v) is 13.7. The molecule has 7 rings (SSSR count). The first kappa shape index (κ1) is 39.2. The maximum atomic E-state index is 14.4. The number of benzene rings is 5. The van der Waals surface area contributed by atoms with Crippen LogP contribution < -0.4 is 28.8 Å². The number of aliphatic hydroxyl groups is 1. The molecule has 10 heteroatoms. The summed E-state index contributed by atoms with van der Waals surface area (Å²) in [5.41, 5.74) is 8.04. The lowest BCUT2D eigenvalue weighted by Gasteiger charge is -2.35. The summed E-state index contributed by atoms with van der Waals surface area (Å²) in [6.45, 7) is 3.96. The van der Waals surface area contributed by atoms with Crippen LogP contribution in [-0.2, 0) is 20.9 Å². The Morgan fingerprint density at radius 2 is 1.07 bits per heavy atom. The molecule has 0 atom stereocenters. The van der Waals surface area contributed by atoms with E-state index in [4.69, 9.17) is 23.7 Å². The average Bonchev–Trinajstić information content (AvgIpc) is 3.26. The van der Waals surface area contributed by atoms with Gasteiger partial charge in [-0.25, -0.2) is 0 Å². The van der Waals surface area contributed by atoms with Crippen molar-refractivity contribution in [2.75, 3.05) is 40.4 Å². The Labute approximate surface area is 338 Å². The van der Waals surface area contributed by atoms with E-state index in [0.717, 1.165) is 39.4 Å². The molecule has 0 aromatic heterocycles. The van der Waals surface area contributed by atoms with Crippen LogP contribution in [0.15, 0.2) is 150 Å². The fourth-order valence-electron chi connectivity index (χ4n) is 7.16. The monoisotopic (exact) mass is 776 g/mol. The lowest BCUT2D eigenvalue weighted by molar-refractivity contribution is -0.297. The van der Waals surface area contributed by atoms with E-state index < -0.39 is 11.5 Å². The smallest absolute Gasteiger partial charge is 0.219 e. The highest BCUT2D eigenvalue weighted by Crippen LogP contribution is 2.49. The normalized spacial score (nSPS) is 13.7. The van der Waals surface area contributed by atoms with E-state index in [0.29, 0.717) is 17.1 Å². The number of methoxy groups -OCH3 is 5. The molecule has 2 aliphatic rings. The van der Waals surface area contributed by atoms with E-state index in [1.807, 2.05) is 120 Å². The van der Waals surface area contributed by atoms with Gasteiger partial charge in [-0.2, -0.15) is 4.58 Å². The summed E-state index contributed by atoms with van der Waals surface area (Å²) < 4.78 is 31.1. The van der Waals surface area contributed by atoms with Crippen LogP contribution >= 0.6 is 0 Å². The Balaban J connectivity index is 1.37. The van der Waals surface area contributed by atoms with Gasteiger partial charge >= 0.3 is 0 Å². The van der Waals surface area contributed by atoms with Crippen molar-refractivity contribution in [2.24, 2.45) is 0 Å². The minimum atomic E-state index is -0.501. The summed E-state index contributed by atoms with van der Waals surface area (Å²) in [5.74, 6) is 0.826. The Morgan fingerprint density at radius 1 is 0.586 bits per heavy atom. The molecule has 2 aliphatic carbocycles. The summed E-state index contributed by atoms with van der Waals surface area (Å²) >= 11 is 0. The Kier molecular flexibility index (Phi) is 11.2. The number of Topliss-reactive ketones (excluding diaryl/α,β-unsaturated/α-hetero) is 1. The maximum absolute atomic E-state index is 14.4. The minimum Gasteiger partial charge on any atom is -0.871 e. The number of nitrogens with zero attached hydrogens (tertiary/aromatic N) is 2. The van der Waals surface area contributed by atoms with Gasteiger partial charge < -0.3 is 38.8 Å². The summed E-state index contributed by atoms with van der Waals surface area (Å²) in [6, 6.07) is 34.8. The van der Waals surface area contributed by atoms with E-state index in [-0.39, 0.29) is 51.9 Å². The Hall–Kier alpha value is -7.04. The highest BCUT2D eigenvalue weighted by atomic mass is 16.5. The molecule has 10 nitrogen and oxygen atoms in total. The lowest BCUT2D eigenvalue weighted by atomic mass is 9.78. The number of aliphatic hydroxyl groups excluding tert-OH is 1. The van der Waals surface area contributed by atoms with Crippen LogP contribution in [0.2, 0.25) is 0 Å². The molecule has 0 bridgehead atoms. The van der Waals surface area contributed by atoms with Crippen LogP contribution in [0.4, 0.5) is 28.4 Å². The van der Waals surface area contributed by atoms with E-state index in [2.05, 4.69) is 0 Å². The molecule has 0 saturated heterocycles. The van der Waals surface area contributed by atoms with Crippen LogP contribution in [0.25, 0.3) is 5.57 Å². The van der Waals surface area contributed by atoms with Crippen LogP contribution in [0.1, 0.15) is 22.3 Å². The van der Waals surface area contributed by atoms with Crippen molar-refractivity contribution in [3.05, 3.63) is 172 Å². The standard InChI is InChI=1S/C48H44N2O8/c1-29-8-14-32(15-9-29)49(34-18-12-31(28-51)13-19-34)36-24-39(55-4)43(40(25-36)56-5)45-47(52)46(48(45)53)44-41(57-6)26-37(27-42(44)58-7)50(33-16-10-30(2)11-17-33)35-20-22-38(54-3)23-21-35/h8-27,51H,28H2,1-7H3.